The molecule has 1 aromatic carbocycles. The van der Waals surface area contributed by atoms with Gasteiger partial charge in [-0.05, 0) is 57.4 Å². The van der Waals surface area contributed by atoms with Crippen molar-refractivity contribution in [3.05, 3.63) is 41.5 Å². The molecule has 33 heavy (non-hydrogen) atoms. The fraction of sp³-hybridized carbons (Fsp3) is 0.435. The lowest BCUT2D eigenvalue weighted by Gasteiger charge is -2.31. The molecule has 4 rings (SSSR count). The summed E-state index contributed by atoms with van der Waals surface area (Å²) < 4.78 is 27.6. The Balaban J connectivity index is 1.52. The molecule has 1 saturated heterocycles. The molecular weight excluding hydrogens is 458 g/mol. The summed E-state index contributed by atoms with van der Waals surface area (Å²) in [6, 6.07) is 11.9. The fourth-order valence-corrected chi connectivity index (χ4v) is 6.36. The van der Waals surface area contributed by atoms with Crippen LogP contribution in [0.3, 0.4) is 0 Å². The number of aromatic nitrogens is 2. The minimum atomic E-state index is -3.19. The van der Waals surface area contributed by atoms with Gasteiger partial charge in [-0.1, -0.05) is 23.9 Å². The zero-order valence-electron chi connectivity index (χ0n) is 18.9. The molecule has 1 unspecified atom stereocenters. The smallest absolute Gasteiger partial charge is 0.233 e. The number of nitrogens with zero attached hydrogens (tertiary/aromatic N) is 4. The Hall–Kier alpha value is -2.61. The average molecular weight is 486 g/mol. The average Bonchev–Trinajstić information content (AvgIpc) is 3.19. The van der Waals surface area contributed by atoms with E-state index < -0.39 is 10.0 Å². The number of fused-ring (bicyclic) bond motifs is 3. The Morgan fingerprint density at radius 3 is 2.70 bits per heavy atom. The second-order valence-corrected chi connectivity index (χ2v) is 11.9. The Bertz CT molecular complexity index is 1350. The van der Waals surface area contributed by atoms with Crippen LogP contribution in [0, 0.1) is 18.3 Å². The van der Waals surface area contributed by atoms with Gasteiger partial charge in [-0.3, -0.25) is 9.20 Å². The van der Waals surface area contributed by atoms with Gasteiger partial charge in [0, 0.05) is 19.1 Å². The number of thioether (sulfide) groups is 1. The molecule has 0 spiro atoms. The molecule has 10 heteroatoms. The second kappa shape index (κ2) is 9.33. The maximum Gasteiger partial charge on any atom is 0.233 e. The van der Waals surface area contributed by atoms with Crippen molar-refractivity contribution in [1.82, 2.24) is 19.0 Å². The van der Waals surface area contributed by atoms with Crippen molar-refractivity contribution >= 4 is 44.4 Å². The summed E-state index contributed by atoms with van der Waals surface area (Å²) in [5, 5.41) is 13.2. The maximum atomic E-state index is 13.0. The number of piperidine rings is 1. The number of nitriles is 1. The van der Waals surface area contributed by atoms with Crippen molar-refractivity contribution in [3.63, 3.8) is 0 Å². The van der Waals surface area contributed by atoms with Crippen molar-refractivity contribution in [2.45, 2.75) is 49.9 Å². The highest BCUT2D eigenvalue weighted by Crippen LogP contribution is 2.31. The van der Waals surface area contributed by atoms with Gasteiger partial charge in [-0.15, -0.1) is 0 Å². The summed E-state index contributed by atoms with van der Waals surface area (Å²) in [5.74, 6) is 0.00966. The van der Waals surface area contributed by atoms with Crippen LogP contribution in [0.5, 0.6) is 0 Å². The summed E-state index contributed by atoms with van der Waals surface area (Å²) in [6.45, 7) is 6.24. The lowest BCUT2D eigenvalue weighted by atomic mass is 10.1. The molecule has 3 aromatic rings. The molecule has 1 aliphatic rings. The molecule has 1 fully saturated rings. The van der Waals surface area contributed by atoms with Crippen LogP contribution in [0.25, 0.3) is 16.7 Å². The first kappa shape index (κ1) is 23.5. The number of sulfonamides is 1. The van der Waals surface area contributed by atoms with E-state index in [1.807, 2.05) is 48.6 Å². The number of imidazole rings is 1. The van der Waals surface area contributed by atoms with Gasteiger partial charge >= 0.3 is 0 Å². The normalized spacial score (nSPS) is 16.7. The molecule has 2 aromatic heterocycles. The number of nitrogens with one attached hydrogen (secondary N) is 1. The molecular formula is C23H27N5O3S2. The maximum absolute atomic E-state index is 13.0. The number of rotatable bonds is 6. The first-order valence-electron chi connectivity index (χ1n) is 11.0. The number of carbonyl (C=O) groups is 1. The van der Waals surface area contributed by atoms with Gasteiger partial charge in [-0.25, -0.2) is 17.7 Å². The zero-order chi connectivity index (χ0) is 23.8. The third-order valence-electron chi connectivity index (χ3n) is 6.08. The molecule has 3 heterocycles. The van der Waals surface area contributed by atoms with Crippen molar-refractivity contribution in [2.24, 2.45) is 0 Å². The summed E-state index contributed by atoms with van der Waals surface area (Å²) in [6.07, 6.45) is 1.21. The summed E-state index contributed by atoms with van der Waals surface area (Å²) >= 11 is 1.43. The predicted molar refractivity (Wildman–Crippen MR) is 130 cm³/mol. The van der Waals surface area contributed by atoms with E-state index in [0.717, 1.165) is 21.6 Å². The monoisotopic (exact) mass is 485 g/mol. The number of para-hydroxylation sites is 2. The number of aryl methyl sites for hydroxylation is 1. The molecule has 8 nitrogen and oxygen atoms in total. The molecule has 0 radical (unpaired) electrons. The number of carbonyl (C=O) groups excluding carboxylic acids is 1. The van der Waals surface area contributed by atoms with Crippen molar-refractivity contribution in [3.8, 4) is 6.07 Å². The van der Waals surface area contributed by atoms with Crippen molar-refractivity contribution in [1.29, 1.82) is 5.26 Å². The molecule has 1 N–H and O–H groups in total. The molecule has 1 amide bonds. The Kier molecular flexibility index (Phi) is 6.66. The Labute approximate surface area is 198 Å². The van der Waals surface area contributed by atoms with Crippen LogP contribution in [0.2, 0.25) is 0 Å². The van der Waals surface area contributed by atoms with E-state index in [1.54, 1.807) is 6.92 Å². The third-order valence-corrected chi connectivity index (χ3v) is 9.07. The van der Waals surface area contributed by atoms with Crippen LogP contribution in [-0.2, 0) is 14.8 Å². The number of hydrogen-bond donors (Lipinski definition) is 1. The van der Waals surface area contributed by atoms with E-state index in [2.05, 4.69) is 16.4 Å². The van der Waals surface area contributed by atoms with Gasteiger partial charge < -0.3 is 5.32 Å². The minimum Gasteiger partial charge on any atom is -0.352 e. The zero-order valence-corrected chi connectivity index (χ0v) is 20.5. The van der Waals surface area contributed by atoms with E-state index in [0.29, 0.717) is 37.1 Å². The molecule has 1 aliphatic heterocycles. The van der Waals surface area contributed by atoms with Crippen LogP contribution in [0.1, 0.15) is 37.8 Å². The quantitative estimate of drug-likeness (QED) is 0.538. The first-order valence-corrected chi connectivity index (χ1v) is 13.5. The SMILES string of the molecule is CCS(=O)(=O)N1CCC(NC(=O)C(C)Sc2cc(C)c(C#N)c3nc4ccccc4n23)CC1. The summed E-state index contributed by atoms with van der Waals surface area (Å²) in [4.78, 5) is 17.6. The highest BCUT2D eigenvalue weighted by atomic mass is 32.2. The second-order valence-electron chi connectivity index (χ2n) is 8.25. The van der Waals surface area contributed by atoms with Gasteiger partial charge in [0.05, 0.1) is 32.6 Å². The van der Waals surface area contributed by atoms with Gasteiger partial charge in [-0.2, -0.15) is 5.26 Å². The number of pyridine rings is 1. The third kappa shape index (κ3) is 4.58. The van der Waals surface area contributed by atoms with Crippen LogP contribution in [0.15, 0.2) is 35.4 Å². The Morgan fingerprint density at radius 2 is 2.03 bits per heavy atom. The van der Waals surface area contributed by atoms with E-state index in [4.69, 9.17) is 0 Å². The number of amides is 1. The largest absolute Gasteiger partial charge is 0.352 e. The Morgan fingerprint density at radius 1 is 1.33 bits per heavy atom. The van der Waals surface area contributed by atoms with Gasteiger partial charge in [0.25, 0.3) is 0 Å². The van der Waals surface area contributed by atoms with Crippen LogP contribution in [-0.4, -0.2) is 58.1 Å². The summed E-state index contributed by atoms with van der Waals surface area (Å²) in [7, 11) is -3.19. The lowest BCUT2D eigenvalue weighted by molar-refractivity contribution is -0.121. The lowest BCUT2D eigenvalue weighted by Crippen LogP contribution is -2.48. The number of benzene rings is 1. The van der Waals surface area contributed by atoms with Gasteiger partial charge in [0.2, 0.25) is 15.9 Å². The molecule has 0 aliphatic carbocycles. The highest BCUT2D eigenvalue weighted by Gasteiger charge is 2.29. The molecule has 1 atom stereocenters. The van der Waals surface area contributed by atoms with Crippen LogP contribution >= 0.6 is 11.8 Å². The van der Waals surface area contributed by atoms with Crippen LogP contribution in [0.4, 0.5) is 0 Å². The highest BCUT2D eigenvalue weighted by molar-refractivity contribution is 8.00. The first-order chi connectivity index (χ1) is 15.7. The van der Waals surface area contributed by atoms with E-state index in [-0.39, 0.29) is 23.0 Å². The van der Waals surface area contributed by atoms with Crippen LogP contribution < -0.4 is 5.32 Å². The van der Waals surface area contributed by atoms with E-state index in [9.17, 15) is 18.5 Å². The topological polar surface area (TPSA) is 108 Å². The molecule has 0 bridgehead atoms. The predicted octanol–water partition coefficient (Wildman–Crippen LogP) is 3.08. The van der Waals surface area contributed by atoms with Crippen molar-refractivity contribution in [2.75, 3.05) is 18.8 Å². The molecule has 0 saturated carbocycles. The number of hydrogen-bond acceptors (Lipinski definition) is 6. The fourth-order valence-electron chi connectivity index (χ4n) is 4.15. The van der Waals surface area contributed by atoms with Gasteiger partial charge in [0.1, 0.15) is 6.07 Å². The standard InChI is InChI=1S/C23H27N5O3S2/c1-4-33(30,31)27-11-9-17(10-12-27)25-23(29)16(3)32-21-13-15(2)18(14-24)22-26-19-7-5-6-8-20(19)28(21)22/h5-8,13,16-17H,4,9-12H2,1-3H3,(H,25,29). The van der Waals surface area contributed by atoms with E-state index in [1.165, 1.54) is 16.1 Å². The van der Waals surface area contributed by atoms with Gasteiger partial charge in [0.15, 0.2) is 5.65 Å². The minimum absolute atomic E-state index is 0.0411. The molecule has 174 valence electrons. The summed E-state index contributed by atoms with van der Waals surface area (Å²) in [5.41, 5.74) is 3.63. The van der Waals surface area contributed by atoms with Crippen molar-refractivity contribution < 1.29 is 13.2 Å². The van der Waals surface area contributed by atoms with E-state index >= 15 is 0 Å².